The highest BCUT2D eigenvalue weighted by Crippen LogP contribution is 2.23. The average molecular weight is 402 g/mol. The van der Waals surface area contributed by atoms with Crippen LogP contribution in [-0.2, 0) is 11.3 Å². The predicted molar refractivity (Wildman–Crippen MR) is 109 cm³/mol. The molecule has 1 N–H and O–H groups in total. The Morgan fingerprint density at radius 2 is 1.79 bits per heavy atom. The van der Waals surface area contributed by atoms with Gasteiger partial charge in [0.05, 0.1) is 7.98 Å². The lowest BCUT2D eigenvalue weighted by atomic mass is 10.1. The molecule has 5 nitrogen and oxygen atoms in total. The lowest BCUT2D eigenvalue weighted by Gasteiger charge is -2.28. The molecule has 1 amide bonds. The number of aliphatic carboxylic acids is 1. The van der Waals surface area contributed by atoms with E-state index in [1.807, 2.05) is 24.3 Å². The summed E-state index contributed by atoms with van der Waals surface area (Å²) < 4.78 is 27.5. The van der Waals surface area contributed by atoms with Crippen molar-refractivity contribution in [1.82, 2.24) is 4.90 Å². The van der Waals surface area contributed by atoms with Gasteiger partial charge in [-0.1, -0.05) is 18.2 Å². The van der Waals surface area contributed by atoms with Gasteiger partial charge >= 0.3 is 5.97 Å². The Labute approximate surface area is 172 Å². The molecular formula is C23H28FNO4. The van der Waals surface area contributed by atoms with Crippen molar-refractivity contribution in [3.63, 3.8) is 0 Å². The maximum Gasteiger partial charge on any atom is 0.303 e. The zero-order valence-corrected chi connectivity index (χ0v) is 16.9. The molecule has 0 radical (unpaired) electrons. The number of halogens is 1. The van der Waals surface area contributed by atoms with Crippen LogP contribution in [-0.4, -0.2) is 34.5 Å². The number of rotatable bonds is 11. The van der Waals surface area contributed by atoms with Gasteiger partial charge in [0.25, 0.3) is 5.91 Å². The summed E-state index contributed by atoms with van der Waals surface area (Å²) in [4.78, 5) is 25.0. The van der Waals surface area contributed by atoms with Crippen LogP contribution in [0.15, 0.2) is 48.5 Å². The van der Waals surface area contributed by atoms with E-state index in [9.17, 15) is 14.0 Å². The molecule has 0 saturated heterocycles. The van der Waals surface area contributed by atoms with Crippen LogP contribution in [0.3, 0.4) is 0 Å². The Bertz CT molecular complexity index is 849. The third-order valence-electron chi connectivity index (χ3n) is 4.47. The van der Waals surface area contributed by atoms with Gasteiger partial charge in [0.2, 0.25) is 0 Å². The second-order valence-electron chi connectivity index (χ2n) is 7.01. The molecule has 0 unspecified atom stereocenters. The third-order valence-corrected chi connectivity index (χ3v) is 4.47. The van der Waals surface area contributed by atoms with Crippen LogP contribution in [0.4, 0.5) is 4.39 Å². The molecule has 0 aliphatic heterocycles. The minimum atomic E-state index is -1.20. The number of benzene rings is 2. The lowest BCUT2D eigenvalue weighted by Crippen LogP contribution is -2.36. The summed E-state index contributed by atoms with van der Waals surface area (Å²) in [5, 5.41) is 8.68. The summed E-state index contributed by atoms with van der Waals surface area (Å²) in [5.41, 5.74) is 1.08. The molecular weight excluding hydrogens is 373 g/mol. The molecule has 0 spiro atoms. The number of hydrogen-bond donors (Lipinski definition) is 1. The number of ether oxygens (including phenoxy) is 1. The highest BCUT2D eigenvalue weighted by Gasteiger charge is 2.20. The zero-order valence-electron chi connectivity index (χ0n) is 17.9. The quantitative estimate of drug-likeness (QED) is 0.543. The number of carboxylic acid groups (broad SMARTS) is 1. The number of carbonyl (C=O) groups excluding carboxylic acids is 1. The van der Waals surface area contributed by atoms with Crippen LogP contribution in [0, 0.1) is 5.82 Å². The highest BCUT2D eigenvalue weighted by molar-refractivity contribution is 5.94. The van der Waals surface area contributed by atoms with Crippen LogP contribution in [0.2, 0.25) is 0 Å². The molecule has 0 saturated carbocycles. The van der Waals surface area contributed by atoms with E-state index in [0.29, 0.717) is 24.3 Å². The normalized spacial score (nSPS) is 11.6. The summed E-state index contributed by atoms with van der Waals surface area (Å²) in [7, 11) is 0. The maximum absolute atomic E-state index is 13.2. The maximum atomic E-state index is 13.2. The topological polar surface area (TPSA) is 66.8 Å². The van der Waals surface area contributed by atoms with E-state index in [1.165, 1.54) is 29.2 Å². The second kappa shape index (κ2) is 11.2. The van der Waals surface area contributed by atoms with Crippen molar-refractivity contribution in [2.75, 3.05) is 6.61 Å². The largest absolute Gasteiger partial charge is 0.493 e. The van der Waals surface area contributed by atoms with Gasteiger partial charge in [-0.2, -0.15) is 0 Å². The summed E-state index contributed by atoms with van der Waals surface area (Å²) in [6.07, 6.45) is 2.23. The molecule has 0 aliphatic carbocycles. The molecule has 0 atom stereocenters. The second-order valence-corrected chi connectivity index (χ2v) is 7.01. The number of carbonyl (C=O) groups is 2. The van der Waals surface area contributed by atoms with E-state index in [-0.39, 0.29) is 18.9 Å². The van der Waals surface area contributed by atoms with Crippen molar-refractivity contribution in [2.45, 2.75) is 52.1 Å². The minimum Gasteiger partial charge on any atom is -0.493 e. The number of hydrogen-bond acceptors (Lipinski definition) is 3. The average Bonchev–Trinajstić information content (AvgIpc) is 2.68. The summed E-state index contributed by atoms with van der Waals surface area (Å²) in [6, 6.07) is 11.4. The first-order chi connectivity index (χ1) is 14.2. The molecule has 0 heterocycles. The van der Waals surface area contributed by atoms with Crippen molar-refractivity contribution in [3.05, 3.63) is 65.5 Å². The molecule has 0 aliphatic rings. The van der Waals surface area contributed by atoms with E-state index in [0.717, 1.165) is 18.4 Å². The Morgan fingerprint density at radius 1 is 1.10 bits per heavy atom. The Hall–Kier alpha value is -2.89. The molecule has 156 valence electrons. The predicted octanol–water partition coefficient (Wildman–Crippen LogP) is 4.90. The number of amides is 1. The first kappa shape index (κ1) is 20.8. The van der Waals surface area contributed by atoms with E-state index in [2.05, 4.69) is 0 Å². The van der Waals surface area contributed by atoms with Gasteiger partial charge in [0.15, 0.2) is 0 Å². The number of nitrogens with zero attached hydrogens (tertiary/aromatic N) is 1. The fourth-order valence-corrected chi connectivity index (χ4v) is 2.86. The Balaban J connectivity index is 2.08. The van der Waals surface area contributed by atoms with E-state index >= 15 is 0 Å². The summed E-state index contributed by atoms with van der Waals surface area (Å²) in [5.74, 6) is -0.967. The van der Waals surface area contributed by atoms with Crippen LogP contribution < -0.4 is 4.74 Å². The van der Waals surface area contributed by atoms with E-state index in [1.54, 1.807) is 13.8 Å². The number of carboxylic acids is 1. The fourth-order valence-electron chi connectivity index (χ4n) is 2.86. The number of para-hydroxylation sites is 1. The Morgan fingerprint density at radius 3 is 2.45 bits per heavy atom. The Kier molecular flexibility index (Phi) is 8.04. The monoisotopic (exact) mass is 402 g/mol. The SMILES string of the molecule is [2H]C(C)(C)N(Cc1ccccc1OCCCCCC(=O)O)C(=O)c1ccc(F)cc1. The highest BCUT2D eigenvalue weighted by atomic mass is 19.1. The molecule has 0 bridgehead atoms. The van der Waals surface area contributed by atoms with Gasteiger partial charge in [-0.3, -0.25) is 9.59 Å². The molecule has 0 fully saturated rings. The molecule has 0 aromatic heterocycles. The first-order valence-electron chi connectivity index (χ1n) is 10.2. The third kappa shape index (κ3) is 7.22. The van der Waals surface area contributed by atoms with E-state index < -0.39 is 17.8 Å². The van der Waals surface area contributed by atoms with Crippen LogP contribution >= 0.6 is 0 Å². The smallest absolute Gasteiger partial charge is 0.303 e. The van der Waals surface area contributed by atoms with Crippen LogP contribution in [0.5, 0.6) is 5.75 Å². The van der Waals surface area contributed by atoms with Gasteiger partial charge in [-0.15, -0.1) is 0 Å². The number of unbranched alkanes of at least 4 members (excludes halogenated alkanes) is 2. The fraction of sp³-hybridized carbons (Fsp3) is 0.391. The molecule has 2 aromatic carbocycles. The van der Waals surface area contributed by atoms with Crippen molar-refractivity contribution in [3.8, 4) is 5.75 Å². The lowest BCUT2D eigenvalue weighted by molar-refractivity contribution is -0.137. The first-order valence-corrected chi connectivity index (χ1v) is 9.68. The van der Waals surface area contributed by atoms with Crippen molar-refractivity contribution in [1.29, 1.82) is 0 Å². The molecule has 2 rings (SSSR count). The van der Waals surface area contributed by atoms with Gasteiger partial charge in [0.1, 0.15) is 11.6 Å². The molecule has 2 aromatic rings. The minimum absolute atomic E-state index is 0.148. The van der Waals surface area contributed by atoms with Gasteiger partial charge < -0.3 is 14.7 Å². The van der Waals surface area contributed by atoms with Crippen LogP contribution in [0.1, 0.15) is 56.8 Å². The van der Waals surface area contributed by atoms with Crippen molar-refractivity contribution < 1.29 is 25.2 Å². The summed E-state index contributed by atoms with van der Waals surface area (Å²) in [6.45, 7) is 3.86. The van der Waals surface area contributed by atoms with Gasteiger partial charge in [0, 0.05) is 30.1 Å². The molecule has 29 heavy (non-hydrogen) atoms. The van der Waals surface area contributed by atoms with E-state index in [4.69, 9.17) is 11.2 Å². The van der Waals surface area contributed by atoms with Gasteiger partial charge in [-0.25, -0.2) is 4.39 Å². The molecule has 6 heteroatoms. The van der Waals surface area contributed by atoms with Gasteiger partial charge in [-0.05, 0) is 63.4 Å². The van der Waals surface area contributed by atoms with Crippen LogP contribution in [0.25, 0.3) is 0 Å². The zero-order chi connectivity index (χ0) is 22.1. The van der Waals surface area contributed by atoms with Crippen molar-refractivity contribution in [2.24, 2.45) is 0 Å². The summed E-state index contributed by atoms with van der Waals surface area (Å²) >= 11 is 0. The standard InChI is InChI=1S/C23H28FNO4/c1-17(2)25(23(28)18-11-13-20(24)14-12-18)16-19-8-5-6-9-21(19)29-15-7-3-4-10-22(26)27/h5-6,8-9,11-14,17H,3-4,7,10,15-16H2,1-2H3,(H,26,27)/i17D. The van der Waals surface area contributed by atoms with Crippen molar-refractivity contribution >= 4 is 11.9 Å².